The molecular weight excluding hydrogens is 376 g/mol. The molecule has 0 heterocycles. The van der Waals surface area contributed by atoms with Crippen LogP contribution in [0, 0.1) is 20.8 Å². The molecular formula is C25H34N2O3. The Hall–Kier alpha value is -2.82. The van der Waals surface area contributed by atoms with Crippen molar-refractivity contribution in [2.75, 3.05) is 6.61 Å². The largest absolute Gasteiger partial charge is 0.484 e. The Balaban J connectivity index is 2.22. The maximum absolute atomic E-state index is 13.2. The smallest absolute Gasteiger partial charge is 0.261 e. The van der Waals surface area contributed by atoms with E-state index in [0.29, 0.717) is 18.7 Å². The van der Waals surface area contributed by atoms with Crippen molar-refractivity contribution >= 4 is 11.8 Å². The summed E-state index contributed by atoms with van der Waals surface area (Å²) in [6.45, 7) is 12.0. The molecule has 1 unspecified atom stereocenters. The lowest BCUT2D eigenvalue weighted by Crippen LogP contribution is -2.51. The van der Waals surface area contributed by atoms with Gasteiger partial charge in [0.15, 0.2) is 6.61 Å². The van der Waals surface area contributed by atoms with E-state index in [1.165, 1.54) is 0 Å². The van der Waals surface area contributed by atoms with Crippen molar-refractivity contribution in [3.05, 3.63) is 64.7 Å². The van der Waals surface area contributed by atoms with E-state index in [1.54, 1.807) is 4.90 Å². The maximum Gasteiger partial charge on any atom is 0.261 e. The van der Waals surface area contributed by atoms with Crippen molar-refractivity contribution in [1.82, 2.24) is 10.2 Å². The van der Waals surface area contributed by atoms with Crippen molar-refractivity contribution < 1.29 is 14.3 Å². The van der Waals surface area contributed by atoms with E-state index in [2.05, 4.69) is 11.4 Å². The number of hydrogen-bond donors (Lipinski definition) is 1. The van der Waals surface area contributed by atoms with Crippen LogP contribution in [0.2, 0.25) is 0 Å². The Labute approximate surface area is 180 Å². The van der Waals surface area contributed by atoms with Crippen LogP contribution in [0.1, 0.15) is 49.4 Å². The standard InChI is InChI=1S/C25H34N2O3/c1-7-23(25(29)26-17(2)3)27(15-21-10-8-18(4)9-11-21)24(28)16-30-22-13-19(5)12-20(6)14-22/h8-14,17,23H,7,15-16H2,1-6H3,(H,26,29). The molecule has 0 fully saturated rings. The molecule has 2 aromatic carbocycles. The highest BCUT2D eigenvalue weighted by atomic mass is 16.5. The fraction of sp³-hybridized carbons (Fsp3) is 0.440. The number of hydrogen-bond acceptors (Lipinski definition) is 3. The van der Waals surface area contributed by atoms with Crippen molar-refractivity contribution in [2.24, 2.45) is 0 Å². The summed E-state index contributed by atoms with van der Waals surface area (Å²) in [6, 6.07) is 13.3. The minimum absolute atomic E-state index is 0.00870. The number of carbonyl (C=O) groups is 2. The van der Waals surface area contributed by atoms with E-state index >= 15 is 0 Å². The van der Waals surface area contributed by atoms with Gasteiger partial charge in [-0.1, -0.05) is 42.8 Å². The molecule has 0 saturated heterocycles. The van der Waals surface area contributed by atoms with E-state index in [9.17, 15) is 9.59 Å². The minimum atomic E-state index is -0.552. The normalized spacial score (nSPS) is 11.8. The summed E-state index contributed by atoms with van der Waals surface area (Å²) in [6.07, 6.45) is 0.527. The van der Waals surface area contributed by atoms with E-state index in [-0.39, 0.29) is 24.5 Å². The second kappa shape index (κ2) is 10.8. The average Bonchev–Trinajstić information content (AvgIpc) is 2.66. The topological polar surface area (TPSA) is 58.6 Å². The van der Waals surface area contributed by atoms with Gasteiger partial charge < -0.3 is 15.0 Å². The highest BCUT2D eigenvalue weighted by molar-refractivity contribution is 5.88. The van der Waals surface area contributed by atoms with Crippen molar-refractivity contribution in [2.45, 2.75) is 66.6 Å². The quantitative estimate of drug-likeness (QED) is 0.670. The van der Waals surface area contributed by atoms with Crippen LogP contribution in [0.4, 0.5) is 0 Å². The van der Waals surface area contributed by atoms with Crippen LogP contribution < -0.4 is 10.1 Å². The van der Waals surface area contributed by atoms with E-state index in [4.69, 9.17) is 4.74 Å². The van der Waals surface area contributed by atoms with E-state index in [0.717, 1.165) is 22.3 Å². The first-order valence-electron chi connectivity index (χ1n) is 10.6. The van der Waals surface area contributed by atoms with E-state index in [1.807, 2.05) is 77.9 Å². The highest BCUT2D eigenvalue weighted by Gasteiger charge is 2.29. The zero-order valence-corrected chi connectivity index (χ0v) is 19.0. The molecule has 2 amide bonds. The summed E-state index contributed by atoms with van der Waals surface area (Å²) in [7, 11) is 0. The summed E-state index contributed by atoms with van der Waals surface area (Å²) in [5.74, 6) is 0.315. The molecule has 1 atom stereocenters. The summed E-state index contributed by atoms with van der Waals surface area (Å²) >= 11 is 0. The van der Waals surface area contributed by atoms with Gasteiger partial charge in [-0.25, -0.2) is 0 Å². The molecule has 2 aromatic rings. The molecule has 162 valence electrons. The van der Waals surface area contributed by atoms with Gasteiger partial charge in [0.05, 0.1) is 0 Å². The molecule has 0 aliphatic carbocycles. The lowest BCUT2D eigenvalue weighted by atomic mass is 10.1. The molecule has 5 heteroatoms. The predicted octanol–water partition coefficient (Wildman–Crippen LogP) is 4.32. The molecule has 0 bridgehead atoms. The van der Waals surface area contributed by atoms with Gasteiger partial charge in [-0.05, 0) is 69.9 Å². The Morgan fingerprint density at radius 2 is 1.57 bits per heavy atom. The lowest BCUT2D eigenvalue weighted by Gasteiger charge is -2.31. The van der Waals surface area contributed by atoms with Gasteiger partial charge in [0.25, 0.3) is 5.91 Å². The zero-order valence-electron chi connectivity index (χ0n) is 19.0. The van der Waals surface area contributed by atoms with Crippen molar-refractivity contribution in [3.63, 3.8) is 0 Å². The first-order chi connectivity index (χ1) is 14.2. The Kier molecular flexibility index (Phi) is 8.46. The highest BCUT2D eigenvalue weighted by Crippen LogP contribution is 2.18. The first-order valence-corrected chi connectivity index (χ1v) is 10.6. The molecule has 2 rings (SSSR count). The van der Waals surface area contributed by atoms with Crippen molar-refractivity contribution in [1.29, 1.82) is 0 Å². The monoisotopic (exact) mass is 410 g/mol. The SMILES string of the molecule is CCC(C(=O)NC(C)C)N(Cc1ccc(C)cc1)C(=O)COc1cc(C)cc(C)c1. The molecule has 0 saturated carbocycles. The van der Waals surface area contributed by atoms with E-state index < -0.39 is 6.04 Å². The second-order valence-electron chi connectivity index (χ2n) is 8.21. The van der Waals surface area contributed by atoms with Gasteiger partial charge in [0.2, 0.25) is 5.91 Å². The number of rotatable bonds is 9. The number of ether oxygens (including phenoxy) is 1. The molecule has 5 nitrogen and oxygen atoms in total. The Bertz CT molecular complexity index is 839. The number of amides is 2. The third kappa shape index (κ3) is 6.90. The van der Waals surface area contributed by atoms with Gasteiger partial charge in [-0.3, -0.25) is 9.59 Å². The molecule has 0 spiro atoms. The Morgan fingerprint density at radius 1 is 0.967 bits per heavy atom. The lowest BCUT2D eigenvalue weighted by molar-refractivity contribution is -0.143. The van der Waals surface area contributed by atoms with Crippen LogP contribution in [-0.2, 0) is 16.1 Å². The van der Waals surface area contributed by atoms with Crippen LogP contribution in [0.15, 0.2) is 42.5 Å². The summed E-state index contributed by atoms with van der Waals surface area (Å²) in [4.78, 5) is 27.6. The summed E-state index contributed by atoms with van der Waals surface area (Å²) < 4.78 is 5.80. The molecule has 0 radical (unpaired) electrons. The fourth-order valence-corrected chi connectivity index (χ4v) is 3.43. The van der Waals surface area contributed by atoms with Gasteiger partial charge >= 0.3 is 0 Å². The van der Waals surface area contributed by atoms with Crippen LogP contribution in [0.3, 0.4) is 0 Å². The summed E-state index contributed by atoms with van der Waals surface area (Å²) in [5.41, 5.74) is 4.30. The predicted molar refractivity (Wildman–Crippen MR) is 120 cm³/mol. The summed E-state index contributed by atoms with van der Waals surface area (Å²) in [5, 5.41) is 2.94. The van der Waals surface area contributed by atoms with Crippen LogP contribution >= 0.6 is 0 Å². The van der Waals surface area contributed by atoms with Gasteiger partial charge in [-0.2, -0.15) is 0 Å². The first kappa shape index (κ1) is 23.5. The molecule has 30 heavy (non-hydrogen) atoms. The van der Waals surface area contributed by atoms with Crippen LogP contribution in [-0.4, -0.2) is 35.4 Å². The van der Waals surface area contributed by atoms with Gasteiger partial charge in [0, 0.05) is 12.6 Å². The second-order valence-corrected chi connectivity index (χ2v) is 8.21. The molecule has 1 N–H and O–H groups in total. The van der Waals surface area contributed by atoms with Crippen LogP contribution in [0.25, 0.3) is 0 Å². The third-order valence-corrected chi connectivity index (χ3v) is 4.85. The van der Waals surface area contributed by atoms with Gasteiger partial charge in [-0.15, -0.1) is 0 Å². The van der Waals surface area contributed by atoms with Crippen molar-refractivity contribution in [3.8, 4) is 5.75 Å². The number of aryl methyl sites for hydroxylation is 3. The number of nitrogens with zero attached hydrogens (tertiary/aromatic N) is 1. The number of nitrogens with one attached hydrogen (secondary N) is 1. The van der Waals surface area contributed by atoms with Gasteiger partial charge in [0.1, 0.15) is 11.8 Å². The molecule has 0 aliphatic rings. The average molecular weight is 411 g/mol. The fourth-order valence-electron chi connectivity index (χ4n) is 3.43. The zero-order chi connectivity index (χ0) is 22.3. The minimum Gasteiger partial charge on any atom is -0.484 e. The number of benzene rings is 2. The third-order valence-electron chi connectivity index (χ3n) is 4.85. The van der Waals surface area contributed by atoms with Crippen LogP contribution in [0.5, 0.6) is 5.75 Å². The maximum atomic E-state index is 13.2. The molecule has 0 aromatic heterocycles. The molecule has 0 aliphatic heterocycles. The number of carbonyl (C=O) groups excluding carboxylic acids is 2. The Morgan fingerprint density at radius 3 is 2.10 bits per heavy atom.